The number of hydrogen-bond donors (Lipinski definition) is 0. The average Bonchev–Trinajstić information content (AvgIpc) is 2.23. The summed E-state index contributed by atoms with van der Waals surface area (Å²) in [6.07, 6.45) is 3.32. The van der Waals surface area contributed by atoms with Gasteiger partial charge < -0.3 is 9.47 Å². The Morgan fingerprint density at radius 2 is 2.27 bits per heavy atom. The molecule has 15 heavy (non-hydrogen) atoms. The van der Waals surface area contributed by atoms with Gasteiger partial charge in [0.25, 0.3) is 0 Å². The average molecular weight is 227 g/mol. The van der Waals surface area contributed by atoms with Crippen molar-refractivity contribution >= 4 is 11.6 Å². The second-order valence-electron chi connectivity index (χ2n) is 3.15. The first kappa shape index (κ1) is 12.1. The number of rotatable bonds is 6. The molecule has 0 spiro atoms. The third-order valence-electron chi connectivity index (χ3n) is 2.02. The van der Waals surface area contributed by atoms with Crippen LogP contribution in [0.2, 0.25) is 5.02 Å². The van der Waals surface area contributed by atoms with E-state index in [1.54, 1.807) is 7.11 Å². The smallest absolute Gasteiger partial charge is 0.145 e. The Labute approximate surface area is 95.5 Å². The van der Waals surface area contributed by atoms with E-state index in [-0.39, 0.29) is 0 Å². The molecule has 0 heterocycles. The number of methoxy groups -OCH3 is 1. The van der Waals surface area contributed by atoms with E-state index in [0.29, 0.717) is 10.8 Å². The minimum absolute atomic E-state index is 0.616. The maximum atomic E-state index is 6.02. The molecule has 0 bridgehead atoms. The Morgan fingerprint density at radius 1 is 1.47 bits per heavy atom. The second kappa shape index (κ2) is 6.49. The maximum Gasteiger partial charge on any atom is 0.145 e. The molecule has 0 atom stereocenters. The van der Waals surface area contributed by atoms with Gasteiger partial charge in [0.05, 0.1) is 11.3 Å². The molecular weight excluding hydrogens is 212 g/mol. The molecule has 82 valence electrons. The highest BCUT2D eigenvalue weighted by Gasteiger charge is 2.01. The summed E-state index contributed by atoms with van der Waals surface area (Å²) in [7, 11) is 1.70. The van der Waals surface area contributed by atoms with Crippen LogP contribution in [-0.2, 0) is 11.2 Å². The molecule has 0 amide bonds. The van der Waals surface area contributed by atoms with Crippen LogP contribution in [0.3, 0.4) is 0 Å². The predicted molar refractivity (Wildman–Crippen MR) is 62.5 cm³/mol. The topological polar surface area (TPSA) is 18.5 Å². The van der Waals surface area contributed by atoms with Crippen LogP contribution in [0, 0.1) is 0 Å². The lowest BCUT2D eigenvalue weighted by molar-refractivity contribution is 0.195. The van der Waals surface area contributed by atoms with E-state index in [4.69, 9.17) is 21.1 Å². The zero-order valence-electron chi connectivity index (χ0n) is 8.83. The Morgan fingerprint density at radius 3 is 2.87 bits per heavy atom. The first-order chi connectivity index (χ1) is 7.27. The summed E-state index contributed by atoms with van der Waals surface area (Å²) in [4.78, 5) is 0. The summed E-state index contributed by atoms with van der Waals surface area (Å²) in [5.41, 5.74) is 1.19. The fraction of sp³-hybridized carbons (Fsp3) is 0.333. The Bertz CT molecular complexity index is 323. The Balaban J connectivity index is 2.60. The largest absolute Gasteiger partial charge is 0.464 e. The third kappa shape index (κ3) is 3.94. The lowest BCUT2D eigenvalue weighted by Gasteiger charge is -2.05. The molecule has 0 aliphatic carbocycles. The molecule has 3 heteroatoms. The fourth-order valence-electron chi connectivity index (χ4n) is 1.31. The van der Waals surface area contributed by atoms with Crippen molar-refractivity contribution in [1.82, 2.24) is 0 Å². The van der Waals surface area contributed by atoms with Gasteiger partial charge in [0, 0.05) is 13.7 Å². The van der Waals surface area contributed by atoms with E-state index in [0.717, 1.165) is 19.4 Å². The highest BCUT2D eigenvalue weighted by atomic mass is 35.5. The number of aryl methyl sites for hydroxylation is 1. The van der Waals surface area contributed by atoms with Crippen molar-refractivity contribution in [3.05, 3.63) is 41.6 Å². The first-order valence-corrected chi connectivity index (χ1v) is 5.20. The SMILES string of the molecule is C=COc1ccc(CCCOC)cc1Cl. The number of halogens is 1. The Kier molecular flexibility index (Phi) is 5.22. The lowest BCUT2D eigenvalue weighted by Crippen LogP contribution is -1.93. The van der Waals surface area contributed by atoms with Gasteiger partial charge in [-0.1, -0.05) is 24.2 Å². The van der Waals surface area contributed by atoms with Crippen molar-refractivity contribution in [3.8, 4) is 5.75 Å². The summed E-state index contributed by atoms with van der Waals surface area (Å²) in [6.45, 7) is 4.25. The molecular formula is C12H15ClO2. The van der Waals surface area contributed by atoms with Gasteiger partial charge in [-0.2, -0.15) is 0 Å². The van der Waals surface area contributed by atoms with E-state index in [9.17, 15) is 0 Å². The van der Waals surface area contributed by atoms with Crippen LogP contribution in [0.5, 0.6) is 5.75 Å². The van der Waals surface area contributed by atoms with Gasteiger partial charge in [0.2, 0.25) is 0 Å². The van der Waals surface area contributed by atoms with E-state index < -0.39 is 0 Å². The van der Waals surface area contributed by atoms with E-state index >= 15 is 0 Å². The van der Waals surface area contributed by atoms with Crippen LogP contribution in [0.15, 0.2) is 31.0 Å². The van der Waals surface area contributed by atoms with E-state index in [2.05, 4.69) is 6.58 Å². The molecule has 0 saturated heterocycles. The molecule has 2 nitrogen and oxygen atoms in total. The van der Waals surface area contributed by atoms with Gasteiger partial charge in [-0.3, -0.25) is 0 Å². The molecule has 0 aromatic heterocycles. The third-order valence-corrected chi connectivity index (χ3v) is 2.32. The summed E-state index contributed by atoms with van der Waals surface area (Å²) in [6, 6.07) is 5.77. The van der Waals surface area contributed by atoms with Gasteiger partial charge in [0.1, 0.15) is 5.75 Å². The van der Waals surface area contributed by atoms with Crippen molar-refractivity contribution in [2.45, 2.75) is 12.8 Å². The molecule has 0 N–H and O–H groups in total. The summed E-state index contributed by atoms with van der Waals surface area (Å²) >= 11 is 6.02. The lowest BCUT2D eigenvalue weighted by atomic mass is 10.1. The van der Waals surface area contributed by atoms with Crippen molar-refractivity contribution in [2.24, 2.45) is 0 Å². The first-order valence-electron chi connectivity index (χ1n) is 4.83. The Hall–Kier alpha value is -0.990. The molecule has 0 radical (unpaired) electrons. The highest BCUT2D eigenvalue weighted by molar-refractivity contribution is 6.32. The molecule has 0 fully saturated rings. The summed E-state index contributed by atoms with van der Waals surface area (Å²) in [5, 5.41) is 0.616. The summed E-state index contributed by atoms with van der Waals surface area (Å²) < 4.78 is 10.1. The van der Waals surface area contributed by atoms with Crippen LogP contribution in [0.4, 0.5) is 0 Å². The zero-order valence-corrected chi connectivity index (χ0v) is 9.59. The van der Waals surface area contributed by atoms with Crippen molar-refractivity contribution in [1.29, 1.82) is 0 Å². The van der Waals surface area contributed by atoms with Gasteiger partial charge in [-0.25, -0.2) is 0 Å². The van der Waals surface area contributed by atoms with Crippen LogP contribution >= 0.6 is 11.6 Å². The van der Waals surface area contributed by atoms with Crippen LogP contribution in [0.25, 0.3) is 0 Å². The predicted octanol–water partition coefficient (Wildman–Crippen LogP) is 3.44. The molecule has 1 aromatic carbocycles. The van der Waals surface area contributed by atoms with Gasteiger partial charge in [0.15, 0.2) is 0 Å². The van der Waals surface area contributed by atoms with E-state index in [1.807, 2.05) is 18.2 Å². The van der Waals surface area contributed by atoms with Crippen molar-refractivity contribution in [2.75, 3.05) is 13.7 Å². The van der Waals surface area contributed by atoms with Crippen molar-refractivity contribution < 1.29 is 9.47 Å². The van der Waals surface area contributed by atoms with Gasteiger partial charge in [-0.15, -0.1) is 0 Å². The molecule has 1 rings (SSSR count). The minimum Gasteiger partial charge on any atom is -0.464 e. The number of hydrogen-bond acceptors (Lipinski definition) is 2. The normalized spacial score (nSPS) is 10.0. The fourth-order valence-corrected chi connectivity index (χ4v) is 1.55. The monoisotopic (exact) mass is 226 g/mol. The second-order valence-corrected chi connectivity index (χ2v) is 3.55. The van der Waals surface area contributed by atoms with Crippen molar-refractivity contribution in [3.63, 3.8) is 0 Å². The minimum atomic E-state index is 0.616. The number of benzene rings is 1. The van der Waals surface area contributed by atoms with E-state index in [1.165, 1.54) is 11.8 Å². The molecule has 0 saturated carbocycles. The molecule has 0 aliphatic heterocycles. The standard InChI is InChI=1S/C12H15ClO2/c1-3-15-12-7-6-10(9-11(12)13)5-4-8-14-2/h3,6-7,9H,1,4-5,8H2,2H3. The van der Waals surface area contributed by atoms with Gasteiger partial charge in [-0.05, 0) is 30.5 Å². The van der Waals surface area contributed by atoms with Crippen LogP contribution in [-0.4, -0.2) is 13.7 Å². The molecule has 0 aliphatic rings. The quantitative estimate of drug-likeness (QED) is 0.547. The molecule has 0 unspecified atom stereocenters. The van der Waals surface area contributed by atoms with Crippen LogP contribution in [0.1, 0.15) is 12.0 Å². The summed E-state index contributed by atoms with van der Waals surface area (Å²) in [5.74, 6) is 0.641. The van der Waals surface area contributed by atoms with Crippen LogP contribution < -0.4 is 4.74 Å². The van der Waals surface area contributed by atoms with Gasteiger partial charge >= 0.3 is 0 Å². The number of ether oxygens (including phenoxy) is 2. The molecule has 1 aromatic rings. The maximum absolute atomic E-state index is 6.02. The zero-order chi connectivity index (χ0) is 11.1. The highest BCUT2D eigenvalue weighted by Crippen LogP contribution is 2.25.